The van der Waals surface area contributed by atoms with Gasteiger partial charge in [0.25, 0.3) is 0 Å². The summed E-state index contributed by atoms with van der Waals surface area (Å²) in [6.45, 7) is 6.75. The molecule has 1 heterocycles. The molecule has 0 fully saturated rings. The van der Waals surface area contributed by atoms with Crippen molar-refractivity contribution < 1.29 is 18.6 Å². The summed E-state index contributed by atoms with van der Waals surface area (Å²) in [6.07, 6.45) is 0.625. The fraction of sp³-hybridized carbons (Fsp3) is 0.250. The first kappa shape index (κ1) is 22.5. The van der Waals surface area contributed by atoms with Gasteiger partial charge in [0.1, 0.15) is 17.1 Å². The van der Waals surface area contributed by atoms with Crippen LogP contribution >= 0.6 is 0 Å². The molecule has 1 aromatic heterocycles. The van der Waals surface area contributed by atoms with Crippen molar-refractivity contribution in [3.8, 4) is 28.6 Å². The van der Waals surface area contributed by atoms with Crippen LogP contribution in [0.1, 0.15) is 23.1 Å². The summed E-state index contributed by atoms with van der Waals surface area (Å²) in [7, 11) is 1.62. The van der Waals surface area contributed by atoms with E-state index in [9.17, 15) is 4.79 Å². The van der Waals surface area contributed by atoms with E-state index in [0.717, 1.165) is 28.2 Å². The van der Waals surface area contributed by atoms with E-state index in [1.807, 2.05) is 81.4 Å². The molecular formula is C28H28O5. The number of fused-ring (bicyclic) bond motifs is 1. The highest BCUT2D eigenvalue weighted by Gasteiger charge is 2.19. The lowest BCUT2D eigenvalue weighted by atomic mass is 10.0. The first-order chi connectivity index (χ1) is 16.0. The molecule has 0 bridgehead atoms. The van der Waals surface area contributed by atoms with Crippen LogP contribution in [0.15, 0.2) is 69.9 Å². The van der Waals surface area contributed by atoms with Crippen molar-refractivity contribution >= 4 is 11.0 Å². The number of methoxy groups -OCH3 is 1. The molecule has 4 aromatic rings. The van der Waals surface area contributed by atoms with E-state index in [1.165, 1.54) is 5.56 Å². The number of hydrogen-bond donors (Lipinski definition) is 0. The van der Waals surface area contributed by atoms with Crippen LogP contribution in [-0.4, -0.2) is 20.3 Å². The summed E-state index contributed by atoms with van der Waals surface area (Å²) in [5, 5.41) is 0.545. The van der Waals surface area contributed by atoms with Crippen molar-refractivity contribution in [2.75, 3.05) is 20.3 Å². The third-order valence-corrected chi connectivity index (χ3v) is 5.47. The Morgan fingerprint density at radius 1 is 0.788 bits per heavy atom. The van der Waals surface area contributed by atoms with Gasteiger partial charge in [-0.25, -0.2) is 0 Å². The Morgan fingerprint density at radius 2 is 1.45 bits per heavy atom. The van der Waals surface area contributed by atoms with Crippen LogP contribution in [0.5, 0.6) is 17.2 Å². The largest absolute Gasteiger partial charge is 0.497 e. The van der Waals surface area contributed by atoms with E-state index in [0.29, 0.717) is 36.4 Å². The SMILES string of the molecule is COc1ccc(-c2oc3cc(C)cc(C)c3c(=O)c2OCCCOc2ccc(C)cc2)cc1. The number of hydrogen-bond acceptors (Lipinski definition) is 5. The maximum absolute atomic E-state index is 13.5. The fourth-order valence-corrected chi connectivity index (χ4v) is 3.79. The van der Waals surface area contributed by atoms with E-state index in [-0.39, 0.29) is 11.2 Å². The lowest BCUT2D eigenvalue weighted by Gasteiger charge is -2.14. The maximum atomic E-state index is 13.5. The fourth-order valence-electron chi connectivity index (χ4n) is 3.79. The van der Waals surface area contributed by atoms with Gasteiger partial charge in [-0.2, -0.15) is 0 Å². The summed E-state index contributed by atoms with van der Waals surface area (Å²) in [6, 6.07) is 19.2. The molecule has 0 aliphatic carbocycles. The number of benzene rings is 3. The van der Waals surface area contributed by atoms with Gasteiger partial charge in [-0.15, -0.1) is 0 Å². The molecule has 33 heavy (non-hydrogen) atoms. The standard InChI is InChI=1S/C28H28O5/c1-18-6-10-23(11-7-18)31-14-5-15-32-28-26(29)25-20(3)16-19(2)17-24(25)33-27(28)21-8-12-22(30-4)13-9-21/h6-13,16-17H,5,14-15H2,1-4H3. The first-order valence-electron chi connectivity index (χ1n) is 11.0. The molecule has 0 spiro atoms. The van der Waals surface area contributed by atoms with Gasteiger partial charge in [-0.3, -0.25) is 4.79 Å². The second-order valence-electron chi connectivity index (χ2n) is 8.14. The van der Waals surface area contributed by atoms with Crippen LogP contribution < -0.4 is 19.6 Å². The second kappa shape index (κ2) is 9.82. The molecular weight excluding hydrogens is 416 g/mol. The molecule has 170 valence electrons. The van der Waals surface area contributed by atoms with Crippen LogP contribution in [0.25, 0.3) is 22.3 Å². The summed E-state index contributed by atoms with van der Waals surface area (Å²) in [5.74, 6) is 2.18. The average molecular weight is 445 g/mol. The Bertz CT molecular complexity index is 1300. The van der Waals surface area contributed by atoms with Gasteiger partial charge in [0.05, 0.1) is 25.7 Å². The highest BCUT2D eigenvalue weighted by molar-refractivity contribution is 5.85. The molecule has 5 heteroatoms. The zero-order valence-electron chi connectivity index (χ0n) is 19.4. The highest BCUT2D eigenvalue weighted by atomic mass is 16.5. The van der Waals surface area contributed by atoms with E-state index in [1.54, 1.807) is 7.11 Å². The minimum Gasteiger partial charge on any atom is -0.497 e. The van der Waals surface area contributed by atoms with Crippen molar-refractivity contribution in [3.05, 3.63) is 87.6 Å². The monoisotopic (exact) mass is 444 g/mol. The Hall–Kier alpha value is -3.73. The molecule has 0 saturated heterocycles. The predicted molar refractivity (Wildman–Crippen MR) is 131 cm³/mol. The number of aryl methyl sites for hydroxylation is 3. The number of rotatable bonds is 8. The molecule has 5 nitrogen and oxygen atoms in total. The summed E-state index contributed by atoms with van der Waals surface area (Å²) in [5.41, 5.74) is 4.22. The zero-order chi connectivity index (χ0) is 23.4. The molecule has 0 aliphatic rings. The molecule has 0 amide bonds. The third-order valence-electron chi connectivity index (χ3n) is 5.47. The maximum Gasteiger partial charge on any atom is 0.235 e. The molecule has 0 radical (unpaired) electrons. The summed E-state index contributed by atoms with van der Waals surface area (Å²) >= 11 is 0. The van der Waals surface area contributed by atoms with Gasteiger partial charge < -0.3 is 18.6 Å². The van der Waals surface area contributed by atoms with Crippen LogP contribution in [0.2, 0.25) is 0 Å². The molecule has 0 unspecified atom stereocenters. The molecule has 0 saturated carbocycles. The van der Waals surface area contributed by atoms with Crippen LogP contribution in [0.4, 0.5) is 0 Å². The second-order valence-corrected chi connectivity index (χ2v) is 8.14. The van der Waals surface area contributed by atoms with Gasteiger partial charge >= 0.3 is 0 Å². The lowest BCUT2D eigenvalue weighted by molar-refractivity contribution is 0.244. The van der Waals surface area contributed by atoms with Crippen LogP contribution in [-0.2, 0) is 0 Å². The molecule has 3 aromatic carbocycles. The minimum absolute atomic E-state index is 0.168. The minimum atomic E-state index is -0.168. The average Bonchev–Trinajstić information content (AvgIpc) is 2.80. The zero-order valence-corrected chi connectivity index (χ0v) is 19.4. The van der Waals surface area contributed by atoms with E-state index < -0.39 is 0 Å². The molecule has 4 rings (SSSR count). The molecule has 0 atom stereocenters. The Morgan fingerprint density at radius 3 is 2.15 bits per heavy atom. The van der Waals surface area contributed by atoms with Gasteiger partial charge in [-0.1, -0.05) is 23.8 Å². The van der Waals surface area contributed by atoms with Crippen molar-refractivity contribution in [1.29, 1.82) is 0 Å². The normalized spacial score (nSPS) is 10.9. The van der Waals surface area contributed by atoms with Crippen molar-refractivity contribution in [3.63, 3.8) is 0 Å². The topological polar surface area (TPSA) is 57.9 Å². The number of ether oxygens (including phenoxy) is 3. The van der Waals surface area contributed by atoms with Crippen LogP contribution in [0.3, 0.4) is 0 Å². The van der Waals surface area contributed by atoms with Crippen molar-refractivity contribution in [2.24, 2.45) is 0 Å². The van der Waals surface area contributed by atoms with Gasteiger partial charge in [0.15, 0.2) is 5.76 Å². The quantitative estimate of drug-likeness (QED) is 0.301. The summed E-state index contributed by atoms with van der Waals surface area (Å²) in [4.78, 5) is 13.5. The van der Waals surface area contributed by atoms with E-state index >= 15 is 0 Å². The lowest BCUT2D eigenvalue weighted by Crippen LogP contribution is -2.13. The summed E-state index contributed by atoms with van der Waals surface area (Å²) < 4.78 is 23.3. The third kappa shape index (κ3) is 5.03. The van der Waals surface area contributed by atoms with Crippen LogP contribution in [0, 0.1) is 20.8 Å². The van der Waals surface area contributed by atoms with Crippen molar-refractivity contribution in [2.45, 2.75) is 27.2 Å². The van der Waals surface area contributed by atoms with Crippen molar-refractivity contribution in [1.82, 2.24) is 0 Å². The highest BCUT2D eigenvalue weighted by Crippen LogP contribution is 2.33. The Kier molecular flexibility index (Phi) is 6.68. The van der Waals surface area contributed by atoms with E-state index in [4.69, 9.17) is 18.6 Å². The Labute approximate surface area is 193 Å². The van der Waals surface area contributed by atoms with Gasteiger partial charge in [-0.05, 0) is 74.4 Å². The first-order valence-corrected chi connectivity index (χ1v) is 11.0. The van der Waals surface area contributed by atoms with Gasteiger partial charge in [0.2, 0.25) is 11.2 Å². The van der Waals surface area contributed by atoms with Gasteiger partial charge in [0, 0.05) is 12.0 Å². The van der Waals surface area contributed by atoms with E-state index in [2.05, 4.69) is 0 Å². The predicted octanol–water partition coefficient (Wildman–Crippen LogP) is 6.24. The molecule has 0 aliphatic heterocycles. The molecule has 0 N–H and O–H groups in total. The smallest absolute Gasteiger partial charge is 0.235 e. The Balaban J connectivity index is 1.60.